The zero-order valence-corrected chi connectivity index (χ0v) is 13.7. The molecule has 2 heteroatoms. The maximum atomic E-state index is 5.94. The van der Waals surface area contributed by atoms with Crippen molar-refractivity contribution in [2.75, 3.05) is 6.54 Å². The molecule has 0 aromatic heterocycles. The highest BCUT2D eigenvalue weighted by Gasteiger charge is 2.29. The van der Waals surface area contributed by atoms with Gasteiger partial charge in [-0.2, -0.15) is 0 Å². The molecule has 2 unspecified atom stereocenters. The molecule has 0 saturated heterocycles. The average Bonchev–Trinajstić information content (AvgIpc) is 2.74. The highest BCUT2D eigenvalue weighted by Crippen LogP contribution is 2.35. The Balaban J connectivity index is 1.52. The molecule has 2 aliphatic rings. The molecule has 0 amide bonds. The molecule has 1 aromatic rings. The highest BCUT2D eigenvalue weighted by molar-refractivity contribution is 5.41. The lowest BCUT2D eigenvalue weighted by molar-refractivity contribution is 0.138. The van der Waals surface area contributed by atoms with Gasteiger partial charge in [-0.3, -0.25) is 0 Å². The van der Waals surface area contributed by atoms with Crippen LogP contribution >= 0.6 is 0 Å². The van der Waals surface area contributed by atoms with E-state index < -0.39 is 0 Å². The zero-order valence-electron chi connectivity index (χ0n) is 13.7. The molecule has 21 heavy (non-hydrogen) atoms. The molecule has 0 radical (unpaired) electrons. The third-order valence-electron chi connectivity index (χ3n) is 5.15. The summed E-state index contributed by atoms with van der Waals surface area (Å²) in [6.07, 6.45) is 6.69. The van der Waals surface area contributed by atoms with Gasteiger partial charge in [0.1, 0.15) is 11.4 Å². The summed E-state index contributed by atoms with van der Waals surface area (Å²) < 4.78 is 5.94. The van der Waals surface area contributed by atoms with Crippen molar-refractivity contribution < 1.29 is 4.74 Å². The fourth-order valence-corrected chi connectivity index (χ4v) is 3.87. The second-order valence-corrected chi connectivity index (χ2v) is 7.63. The van der Waals surface area contributed by atoms with Gasteiger partial charge in [-0.15, -0.1) is 0 Å². The summed E-state index contributed by atoms with van der Waals surface area (Å²) in [5.41, 5.74) is 2.72. The summed E-state index contributed by atoms with van der Waals surface area (Å²) in [6, 6.07) is 6.67. The van der Waals surface area contributed by atoms with Gasteiger partial charge in [0.25, 0.3) is 0 Å². The first kappa shape index (κ1) is 14.9. The molecular formula is C19H29NO. The van der Waals surface area contributed by atoms with E-state index in [2.05, 4.69) is 44.3 Å². The molecule has 1 saturated carbocycles. The van der Waals surface area contributed by atoms with Crippen molar-refractivity contribution in [2.45, 2.75) is 65.0 Å². The van der Waals surface area contributed by atoms with E-state index in [4.69, 9.17) is 4.74 Å². The third kappa shape index (κ3) is 3.60. The van der Waals surface area contributed by atoms with E-state index in [1.807, 2.05) is 0 Å². The van der Waals surface area contributed by atoms with Crippen LogP contribution in [0.15, 0.2) is 18.2 Å². The molecule has 1 fully saturated rings. The van der Waals surface area contributed by atoms with Crippen molar-refractivity contribution in [3.63, 3.8) is 0 Å². The summed E-state index contributed by atoms with van der Waals surface area (Å²) >= 11 is 0. The molecule has 1 aromatic carbocycles. The van der Waals surface area contributed by atoms with Crippen LogP contribution in [0.25, 0.3) is 0 Å². The standard InChI is InChI=1S/C19H29NO/c1-14-6-4-5-7-16(14)13-20-12-15-8-9-18-17(10-15)11-19(2,3)21-18/h8-10,14,16,20H,4-7,11-13H2,1-3H3. The summed E-state index contributed by atoms with van der Waals surface area (Å²) in [4.78, 5) is 0. The Bertz CT molecular complexity index is 494. The van der Waals surface area contributed by atoms with Crippen LogP contribution in [0.3, 0.4) is 0 Å². The Labute approximate surface area is 129 Å². The van der Waals surface area contributed by atoms with E-state index in [-0.39, 0.29) is 5.60 Å². The molecule has 0 spiro atoms. The van der Waals surface area contributed by atoms with E-state index >= 15 is 0 Å². The Hall–Kier alpha value is -1.02. The van der Waals surface area contributed by atoms with Crippen molar-refractivity contribution in [3.05, 3.63) is 29.3 Å². The van der Waals surface area contributed by atoms with E-state index in [9.17, 15) is 0 Å². The fourth-order valence-electron chi connectivity index (χ4n) is 3.87. The zero-order chi connectivity index (χ0) is 14.9. The molecule has 1 heterocycles. The van der Waals surface area contributed by atoms with Crippen molar-refractivity contribution in [1.29, 1.82) is 0 Å². The van der Waals surface area contributed by atoms with Gasteiger partial charge in [0.05, 0.1) is 0 Å². The van der Waals surface area contributed by atoms with Gasteiger partial charge in [-0.05, 0) is 55.8 Å². The number of rotatable bonds is 4. The van der Waals surface area contributed by atoms with E-state index in [0.29, 0.717) is 0 Å². The number of hydrogen-bond acceptors (Lipinski definition) is 2. The van der Waals surface area contributed by atoms with E-state index in [1.165, 1.54) is 43.4 Å². The third-order valence-corrected chi connectivity index (χ3v) is 5.15. The van der Waals surface area contributed by atoms with Gasteiger partial charge in [0, 0.05) is 13.0 Å². The van der Waals surface area contributed by atoms with E-state index in [0.717, 1.165) is 30.6 Å². The number of benzene rings is 1. The Morgan fingerprint density at radius 2 is 2.05 bits per heavy atom. The lowest BCUT2D eigenvalue weighted by Gasteiger charge is -2.28. The lowest BCUT2D eigenvalue weighted by Crippen LogP contribution is -2.29. The van der Waals surface area contributed by atoms with Gasteiger partial charge in [0.15, 0.2) is 0 Å². The summed E-state index contributed by atoms with van der Waals surface area (Å²) in [5, 5.41) is 3.67. The molecule has 1 N–H and O–H groups in total. The topological polar surface area (TPSA) is 21.3 Å². The SMILES string of the molecule is CC1CCCCC1CNCc1ccc2c(c1)CC(C)(C)O2. The first-order valence-corrected chi connectivity index (χ1v) is 8.55. The predicted octanol–water partition coefficient (Wildman–Crippen LogP) is 4.32. The smallest absolute Gasteiger partial charge is 0.123 e. The molecule has 1 aliphatic carbocycles. The monoisotopic (exact) mass is 287 g/mol. The summed E-state index contributed by atoms with van der Waals surface area (Å²) in [5.74, 6) is 2.83. The minimum atomic E-state index is -0.0358. The first-order chi connectivity index (χ1) is 10.0. The quantitative estimate of drug-likeness (QED) is 0.890. The van der Waals surface area contributed by atoms with Crippen molar-refractivity contribution in [3.8, 4) is 5.75 Å². The van der Waals surface area contributed by atoms with Crippen LogP contribution in [0, 0.1) is 11.8 Å². The second kappa shape index (κ2) is 6.00. The van der Waals surface area contributed by atoms with Gasteiger partial charge in [-0.1, -0.05) is 38.3 Å². The van der Waals surface area contributed by atoms with Crippen LogP contribution in [-0.4, -0.2) is 12.1 Å². The van der Waals surface area contributed by atoms with Crippen LogP contribution in [0.5, 0.6) is 5.75 Å². The maximum absolute atomic E-state index is 5.94. The number of ether oxygens (including phenoxy) is 1. The van der Waals surface area contributed by atoms with Crippen LogP contribution in [0.4, 0.5) is 0 Å². The van der Waals surface area contributed by atoms with Gasteiger partial charge < -0.3 is 10.1 Å². The molecule has 2 atom stereocenters. The summed E-state index contributed by atoms with van der Waals surface area (Å²) in [7, 11) is 0. The number of fused-ring (bicyclic) bond motifs is 1. The van der Waals surface area contributed by atoms with E-state index in [1.54, 1.807) is 0 Å². The molecule has 1 aliphatic heterocycles. The molecular weight excluding hydrogens is 258 g/mol. The van der Waals surface area contributed by atoms with Crippen LogP contribution in [0.1, 0.15) is 57.6 Å². The fraction of sp³-hybridized carbons (Fsp3) is 0.684. The average molecular weight is 287 g/mol. The van der Waals surface area contributed by atoms with Crippen LogP contribution in [-0.2, 0) is 13.0 Å². The molecule has 2 nitrogen and oxygen atoms in total. The van der Waals surface area contributed by atoms with Crippen molar-refractivity contribution >= 4 is 0 Å². The molecule has 3 rings (SSSR count). The number of hydrogen-bond donors (Lipinski definition) is 1. The summed E-state index contributed by atoms with van der Waals surface area (Å²) in [6.45, 7) is 8.89. The maximum Gasteiger partial charge on any atom is 0.123 e. The van der Waals surface area contributed by atoms with Crippen LogP contribution in [0.2, 0.25) is 0 Å². The van der Waals surface area contributed by atoms with Crippen molar-refractivity contribution in [2.24, 2.45) is 11.8 Å². The predicted molar refractivity (Wildman–Crippen MR) is 87.7 cm³/mol. The first-order valence-electron chi connectivity index (χ1n) is 8.55. The van der Waals surface area contributed by atoms with Gasteiger partial charge in [-0.25, -0.2) is 0 Å². The Morgan fingerprint density at radius 1 is 1.24 bits per heavy atom. The minimum absolute atomic E-state index is 0.0358. The highest BCUT2D eigenvalue weighted by atomic mass is 16.5. The van der Waals surface area contributed by atoms with Gasteiger partial charge >= 0.3 is 0 Å². The largest absolute Gasteiger partial charge is 0.487 e. The molecule has 116 valence electrons. The normalized spacial score (nSPS) is 27.2. The van der Waals surface area contributed by atoms with Crippen LogP contribution < -0.4 is 10.1 Å². The minimum Gasteiger partial charge on any atom is -0.487 e. The van der Waals surface area contributed by atoms with Gasteiger partial charge in [0.2, 0.25) is 0 Å². The lowest BCUT2D eigenvalue weighted by atomic mass is 9.80. The molecule has 0 bridgehead atoms. The Morgan fingerprint density at radius 3 is 2.86 bits per heavy atom. The second-order valence-electron chi connectivity index (χ2n) is 7.63. The number of nitrogens with one attached hydrogen (secondary N) is 1. The Kier molecular flexibility index (Phi) is 4.26. The van der Waals surface area contributed by atoms with Crippen molar-refractivity contribution in [1.82, 2.24) is 5.32 Å².